The van der Waals surface area contributed by atoms with Gasteiger partial charge < -0.3 is 10.6 Å². The summed E-state index contributed by atoms with van der Waals surface area (Å²) in [5.41, 5.74) is -1.41. The number of benzene rings is 1. The van der Waals surface area contributed by atoms with Crippen molar-refractivity contribution in [3.8, 4) is 0 Å². The van der Waals surface area contributed by atoms with Crippen LogP contribution in [0.2, 0.25) is 5.02 Å². The Hall–Kier alpha value is -0.950. The van der Waals surface area contributed by atoms with Gasteiger partial charge in [0.25, 0.3) is 0 Å². The van der Waals surface area contributed by atoms with Crippen LogP contribution in [0.15, 0.2) is 16.6 Å². The molecule has 0 aromatic heterocycles. The molecule has 2 rings (SSSR count). The van der Waals surface area contributed by atoms with E-state index >= 15 is 0 Å². The fourth-order valence-electron chi connectivity index (χ4n) is 2.51. The van der Waals surface area contributed by atoms with Gasteiger partial charge in [0.2, 0.25) is 0 Å². The monoisotopic (exact) mass is 398 g/mol. The summed E-state index contributed by atoms with van der Waals surface area (Å²) in [6, 6.07) is 1.54. The molecule has 2 amide bonds. The molecule has 0 aliphatic heterocycles. The third kappa shape index (κ3) is 4.52. The lowest BCUT2D eigenvalue weighted by Crippen LogP contribution is -2.39. The van der Waals surface area contributed by atoms with E-state index in [1.165, 1.54) is 6.07 Å². The molecule has 1 aliphatic carbocycles. The fourth-order valence-corrected chi connectivity index (χ4v) is 3.36. The largest absolute Gasteiger partial charge is 0.418 e. The minimum atomic E-state index is -4.61. The van der Waals surface area contributed by atoms with Crippen molar-refractivity contribution >= 4 is 39.2 Å². The van der Waals surface area contributed by atoms with Crippen molar-refractivity contribution in [3.63, 3.8) is 0 Å². The molecule has 1 aromatic carbocycles. The Bertz CT molecular complexity index is 560. The van der Waals surface area contributed by atoms with Gasteiger partial charge in [-0.15, -0.1) is 0 Å². The van der Waals surface area contributed by atoms with E-state index in [0.717, 1.165) is 38.2 Å². The highest BCUT2D eigenvalue weighted by Gasteiger charge is 2.35. The van der Waals surface area contributed by atoms with Gasteiger partial charge in [0.1, 0.15) is 0 Å². The molecular weight excluding hydrogens is 385 g/mol. The van der Waals surface area contributed by atoms with Crippen molar-refractivity contribution < 1.29 is 18.0 Å². The van der Waals surface area contributed by atoms with Crippen LogP contribution in [0.1, 0.15) is 37.7 Å². The number of hydrogen-bond acceptors (Lipinski definition) is 1. The first-order chi connectivity index (χ1) is 10.3. The Balaban J connectivity index is 2.16. The van der Waals surface area contributed by atoms with Crippen LogP contribution >= 0.6 is 27.5 Å². The van der Waals surface area contributed by atoms with Gasteiger partial charge >= 0.3 is 12.2 Å². The first kappa shape index (κ1) is 17.4. The maximum absolute atomic E-state index is 13.1. The zero-order valence-corrected chi connectivity index (χ0v) is 13.9. The van der Waals surface area contributed by atoms with E-state index in [1.54, 1.807) is 0 Å². The summed E-state index contributed by atoms with van der Waals surface area (Å²) in [5.74, 6) is 0. The summed E-state index contributed by atoms with van der Waals surface area (Å²) < 4.78 is 39.4. The molecule has 1 saturated carbocycles. The number of urea groups is 1. The van der Waals surface area contributed by atoms with Crippen LogP contribution in [0.4, 0.5) is 23.7 Å². The summed E-state index contributed by atoms with van der Waals surface area (Å²) in [6.07, 6.45) is 0.217. The van der Waals surface area contributed by atoms with Crippen LogP contribution in [0.25, 0.3) is 0 Å². The molecular formula is C14H15BrClF3N2O. The molecule has 2 N–H and O–H groups in total. The number of amides is 2. The van der Waals surface area contributed by atoms with E-state index in [9.17, 15) is 18.0 Å². The number of carbonyl (C=O) groups is 1. The highest BCUT2D eigenvalue weighted by atomic mass is 79.9. The quantitative estimate of drug-likeness (QED) is 0.670. The molecule has 0 unspecified atom stereocenters. The molecule has 3 nitrogen and oxygen atoms in total. The molecule has 0 atom stereocenters. The van der Waals surface area contributed by atoms with E-state index in [-0.39, 0.29) is 15.5 Å². The molecule has 22 heavy (non-hydrogen) atoms. The second-order valence-electron chi connectivity index (χ2n) is 5.24. The van der Waals surface area contributed by atoms with Gasteiger partial charge in [0.15, 0.2) is 0 Å². The highest BCUT2D eigenvalue weighted by molar-refractivity contribution is 9.10. The zero-order chi connectivity index (χ0) is 16.3. The Labute approximate surface area is 139 Å². The summed E-state index contributed by atoms with van der Waals surface area (Å²) in [4.78, 5) is 11.9. The number of carbonyl (C=O) groups excluding carboxylic acids is 1. The summed E-state index contributed by atoms with van der Waals surface area (Å²) >= 11 is 8.83. The van der Waals surface area contributed by atoms with Crippen molar-refractivity contribution in [3.05, 3.63) is 27.2 Å². The van der Waals surface area contributed by atoms with Gasteiger partial charge in [0.05, 0.1) is 16.3 Å². The maximum Gasteiger partial charge on any atom is 0.418 e. The van der Waals surface area contributed by atoms with Crippen LogP contribution in [0.5, 0.6) is 0 Å². The lowest BCUT2D eigenvalue weighted by atomic mass is 9.96. The first-order valence-corrected chi connectivity index (χ1v) is 8.08. The molecule has 1 aromatic rings. The summed E-state index contributed by atoms with van der Waals surface area (Å²) in [5, 5.41) is 4.77. The Morgan fingerprint density at radius 3 is 2.45 bits per heavy atom. The Morgan fingerprint density at radius 1 is 1.23 bits per heavy atom. The molecule has 122 valence electrons. The Kier molecular flexibility index (Phi) is 5.60. The van der Waals surface area contributed by atoms with Crippen molar-refractivity contribution in [2.75, 3.05) is 5.32 Å². The molecule has 0 spiro atoms. The predicted molar refractivity (Wildman–Crippen MR) is 83.2 cm³/mol. The van der Waals surface area contributed by atoms with Gasteiger partial charge in [-0.05, 0) is 25.0 Å². The SMILES string of the molecule is O=C(Nc1c(Cl)cc(Br)cc1C(F)(F)F)NC1CCCCC1. The lowest BCUT2D eigenvalue weighted by Gasteiger charge is -2.23. The lowest BCUT2D eigenvalue weighted by molar-refractivity contribution is -0.136. The van der Waals surface area contributed by atoms with Gasteiger partial charge in [-0.25, -0.2) is 4.79 Å². The predicted octanol–water partition coefficient (Wildman–Crippen LogP) is 5.58. The highest BCUT2D eigenvalue weighted by Crippen LogP contribution is 2.40. The molecule has 1 aliphatic rings. The second-order valence-corrected chi connectivity index (χ2v) is 6.56. The topological polar surface area (TPSA) is 41.1 Å². The number of nitrogens with one attached hydrogen (secondary N) is 2. The van der Waals surface area contributed by atoms with Gasteiger partial charge in [-0.3, -0.25) is 0 Å². The second kappa shape index (κ2) is 7.08. The van der Waals surface area contributed by atoms with Crippen LogP contribution < -0.4 is 10.6 Å². The van der Waals surface area contributed by atoms with Crippen molar-refractivity contribution in [1.82, 2.24) is 5.32 Å². The smallest absolute Gasteiger partial charge is 0.335 e. The first-order valence-electron chi connectivity index (χ1n) is 6.91. The standard InChI is InChI=1S/C14H15BrClF3N2O/c15-8-6-10(14(17,18)19)12(11(16)7-8)21-13(22)20-9-4-2-1-3-5-9/h6-7,9H,1-5H2,(H2,20,21,22). The molecule has 0 heterocycles. The molecule has 8 heteroatoms. The minimum Gasteiger partial charge on any atom is -0.335 e. The maximum atomic E-state index is 13.1. The van der Waals surface area contributed by atoms with E-state index in [4.69, 9.17) is 11.6 Å². The average Bonchev–Trinajstić information content (AvgIpc) is 2.41. The summed E-state index contributed by atoms with van der Waals surface area (Å²) in [7, 11) is 0. The van der Waals surface area contributed by atoms with Crippen molar-refractivity contribution in [2.45, 2.75) is 44.3 Å². The number of halogens is 5. The van der Waals surface area contributed by atoms with Gasteiger partial charge in [-0.2, -0.15) is 13.2 Å². The number of hydrogen-bond donors (Lipinski definition) is 2. The summed E-state index contributed by atoms with van der Waals surface area (Å²) in [6.45, 7) is 0. The molecule has 0 bridgehead atoms. The van der Waals surface area contributed by atoms with Crippen LogP contribution in [0, 0.1) is 0 Å². The third-order valence-electron chi connectivity index (χ3n) is 3.54. The van der Waals surface area contributed by atoms with Crippen LogP contribution in [0.3, 0.4) is 0 Å². The van der Waals surface area contributed by atoms with Crippen LogP contribution in [-0.4, -0.2) is 12.1 Å². The van der Waals surface area contributed by atoms with Gasteiger partial charge in [0, 0.05) is 10.5 Å². The van der Waals surface area contributed by atoms with E-state index < -0.39 is 23.5 Å². The minimum absolute atomic E-state index is 0.00249. The molecule has 0 radical (unpaired) electrons. The number of rotatable bonds is 2. The van der Waals surface area contributed by atoms with E-state index in [2.05, 4.69) is 26.6 Å². The zero-order valence-electron chi connectivity index (χ0n) is 11.6. The molecule has 1 fully saturated rings. The van der Waals surface area contributed by atoms with E-state index in [1.807, 2.05) is 0 Å². The van der Waals surface area contributed by atoms with Gasteiger partial charge in [-0.1, -0.05) is 46.8 Å². The van der Waals surface area contributed by atoms with E-state index in [0.29, 0.717) is 0 Å². The van der Waals surface area contributed by atoms with Crippen LogP contribution in [-0.2, 0) is 6.18 Å². The van der Waals surface area contributed by atoms with Crippen molar-refractivity contribution in [2.24, 2.45) is 0 Å². The third-order valence-corrected chi connectivity index (χ3v) is 4.30. The number of alkyl halides is 3. The normalized spacial score (nSPS) is 16.4. The number of anilines is 1. The Morgan fingerprint density at radius 2 is 1.86 bits per heavy atom. The average molecular weight is 400 g/mol. The van der Waals surface area contributed by atoms with Crippen molar-refractivity contribution in [1.29, 1.82) is 0 Å². The fraction of sp³-hybridized carbons (Fsp3) is 0.500. The molecule has 0 saturated heterocycles.